The van der Waals surface area contributed by atoms with E-state index in [1.165, 1.54) is 11.1 Å². The van der Waals surface area contributed by atoms with Gasteiger partial charge in [0.25, 0.3) is 11.8 Å². The largest absolute Gasteiger partial charge is 0.353 e. The summed E-state index contributed by atoms with van der Waals surface area (Å²) in [5.74, 6) is -1.13. The van der Waals surface area contributed by atoms with Gasteiger partial charge in [-0.1, -0.05) is 37.6 Å². The maximum Gasteiger partial charge on any atom is 0.287 e. The summed E-state index contributed by atoms with van der Waals surface area (Å²) in [6.45, 7) is 7.62. The first-order valence-corrected chi connectivity index (χ1v) is 15.2. The zero-order valence-corrected chi connectivity index (χ0v) is 24.8. The number of aromatic nitrogens is 2. The molecule has 3 amide bonds. The van der Waals surface area contributed by atoms with Gasteiger partial charge < -0.3 is 25.8 Å². The fraction of sp³-hybridized carbons (Fsp3) is 0.556. The van der Waals surface area contributed by atoms with Crippen molar-refractivity contribution in [2.45, 2.75) is 69.2 Å². The van der Waals surface area contributed by atoms with Crippen LogP contribution >= 0.6 is 11.6 Å². The van der Waals surface area contributed by atoms with Crippen molar-refractivity contribution in [1.29, 1.82) is 0 Å². The Balaban J connectivity index is 1.41. The van der Waals surface area contributed by atoms with Crippen molar-refractivity contribution in [2.24, 2.45) is 11.7 Å². The molecular weight excluding hydrogens is 556 g/mol. The Morgan fingerprint density at radius 2 is 1.80 bits per heavy atom. The third-order valence-corrected chi connectivity index (χ3v) is 11.3. The smallest absolute Gasteiger partial charge is 0.287 e. The summed E-state index contributed by atoms with van der Waals surface area (Å²) in [7, 11) is -3.76. The van der Waals surface area contributed by atoms with E-state index in [1.54, 1.807) is 30.5 Å². The molecule has 1 saturated carbocycles. The van der Waals surface area contributed by atoms with E-state index in [4.69, 9.17) is 17.3 Å². The van der Waals surface area contributed by atoms with Crippen LogP contribution in [0.4, 0.5) is 0 Å². The number of fused-ring (bicyclic) bond motifs is 1. The summed E-state index contributed by atoms with van der Waals surface area (Å²) in [5.41, 5.74) is 7.01. The van der Waals surface area contributed by atoms with Crippen LogP contribution in [0, 0.1) is 5.92 Å². The third-order valence-electron chi connectivity index (χ3n) is 7.82. The van der Waals surface area contributed by atoms with Gasteiger partial charge in [0.15, 0.2) is 15.7 Å². The number of nitrogens with two attached hydrogens (primary N) is 1. The normalized spacial score (nSPS) is 17.4. The van der Waals surface area contributed by atoms with Crippen LogP contribution in [-0.2, 0) is 27.7 Å². The minimum atomic E-state index is -3.76. The van der Waals surface area contributed by atoms with Crippen molar-refractivity contribution < 1.29 is 22.8 Å². The Morgan fingerprint density at radius 1 is 1.15 bits per heavy atom. The molecule has 11 nitrogen and oxygen atoms in total. The molecule has 40 heavy (non-hydrogen) atoms. The second kappa shape index (κ2) is 11.1. The highest BCUT2D eigenvalue weighted by Crippen LogP contribution is 2.49. The standard InChI is InChI=1S/C27H37ClN6O5S/c1-17(2)21(29)23(35)32-15-26(3,4)40(38,39)27(9-10-27)16-33-11-12-34-20(25(33)37)14-30-22(34)24(36)31-13-18-5-7-19(28)8-6-18/h5-8,14,17,21H,9-13,15-16,29H2,1-4H3,(H,31,36)(H,32,35)/t21-/m1/s1. The van der Waals surface area contributed by atoms with Gasteiger partial charge in [-0.15, -0.1) is 0 Å². The van der Waals surface area contributed by atoms with Crippen LogP contribution in [0.1, 0.15) is 67.2 Å². The minimum absolute atomic E-state index is 0.0420. The Hall–Kier alpha value is -2.96. The maximum atomic E-state index is 13.8. The van der Waals surface area contributed by atoms with Crippen molar-refractivity contribution in [1.82, 2.24) is 25.1 Å². The van der Waals surface area contributed by atoms with Crippen LogP contribution in [0.3, 0.4) is 0 Å². The molecule has 2 heterocycles. The van der Waals surface area contributed by atoms with E-state index < -0.39 is 37.2 Å². The minimum Gasteiger partial charge on any atom is -0.353 e. The molecule has 13 heteroatoms. The lowest BCUT2D eigenvalue weighted by molar-refractivity contribution is -0.123. The summed E-state index contributed by atoms with van der Waals surface area (Å²) >= 11 is 5.91. The second-order valence-corrected chi connectivity index (χ2v) is 15.0. The van der Waals surface area contributed by atoms with E-state index in [9.17, 15) is 22.8 Å². The predicted octanol–water partition coefficient (Wildman–Crippen LogP) is 1.75. The van der Waals surface area contributed by atoms with E-state index in [-0.39, 0.29) is 49.5 Å². The highest BCUT2D eigenvalue weighted by atomic mass is 35.5. The number of sulfone groups is 1. The molecule has 1 aromatic carbocycles. The second-order valence-electron chi connectivity index (χ2n) is 11.6. The number of imidazole rings is 1. The van der Waals surface area contributed by atoms with Gasteiger partial charge in [0.2, 0.25) is 5.91 Å². The molecule has 2 aliphatic rings. The molecule has 0 saturated heterocycles. The van der Waals surface area contributed by atoms with Crippen LogP contribution in [0.2, 0.25) is 5.02 Å². The summed E-state index contributed by atoms with van der Waals surface area (Å²) in [4.78, 5) is 44.2. The molecule has 218 valence electrons. The van der Waals surface area contributed by atoms with E-state index in [0.717, 1.165) is 5.56 Å². The number of hydrogen-bond acceptors (Lipinski definition) is 7. The van der Waals surface area contributed by atoms with Crippen molar-refractivity contribution in [3.63, 3.8) is 0 Å². The highest BCUT2D eigenvalue weighted by Gasteiger charge is 2.61. The molecule has 4 N–H and O–H groups in total. The lowest BCUT2D eigenvalue weighted by Gasteiger charge is -2.35. The van der Waals surface area contributed by atoms with Crippen LogP contribution < -0.4 is 16.4 Å². The fourth-order valence-electron chi connectivity index (χ4n) is 4.85. The van der Waals surface area contributed by atoms with Gasteiger partial charge in [-0.25, -0.2) is 13.4 Å². The van der Waals surface area contributed by atoms with Crippen LogP contribution in [0.15, 0.2) is 30.5 Å². The molecule has 1 aromatic heterocycles. The number of carbonyl (C=O) groups excluding carboxylic acids is 3. The van der Waals surface area contributed by atoms with Gasteiger partial charge in [-0.05, 0) is 50.3 Å². The van der Waals surface area contributed by atoms with E-state index in [2.05, 4.69) is 15.6 Å². The van der Waals surface area contributed by atoms with Gasteiger partial charge >= 0.3 is 0 Å². The number of amides is 3. The SMILES string of the molecule is CC(C)[C@@H](N)C(=O)NCC(C)(C)S(=O)(=O)C1(CN2CCn3c(cnc3C(=O)NCc3ccc(Cl)cc3)C2=O)CC1. The molecule has 4 rings (SSSR count). The first-order valence-electron chi connectivity index (χ1n) is 13.3. The lowest BCUT2D eigenvalue weighted by atomic mass is 10.0. The van der Waals surface area contributed by atoms with E-state index in [1.807, 2.05) is 26.0 Å². The third kappa shape index (κ3) is 5.75. The first kappa shape index (κ1) is 30.0. The molecule has 0 unspecified atom stereocenters. The number of nitrogens with one attached hydrogen (secondary N) is 2. The monoisotopic (exact) mass is 592 g/mol. The van der Waals surface area contributed by atoms with Gasteiger partial charge in [-0.3, -0.25) is 14.4 Å². The molecule has 0 radical (unpaired) electrons. The Kier molecular flexibility index (Phi) is 8.35. The Labute approximate surface area is 239 Å². The van der Waals surface area contributed by atoms with Crippen molar-refractivity contribution in [2.75, 3.05) is 19.6 Å². The first-order chi connectivity index (χ1) is 18.7. The van der Waals surface area contributed by atoms with Crippen molar-refractivity contribution in [3.8, 4) is 0 Å². The summed E-state index contributed by atoms with van der Waals surface area (Å²) in [6.07, 6.45) is 2.22. The molecule has 2 aromatic rings. The molecule has 1 aliphatic heterocycles. The Bertz CT molecular complexity index is 1400. The zero-order valence-electron chi connectivity index (χ0n) is 23.2. The molecule has 1 fully saturated rings. The average Bonchev–Trinajstić information content (AvgIpc) is 3.58. The lowest BCUT2D eigenvalue weighted by Crippen LogP contribution is -2.55. The number of halogens is 1. The number of hydrogen-bond donors (Lipinski definition) is 3. The molecule has 1 atom stereocenters. The van der Waals surface area contributed by atoms with E-state index in [0.29, 0.717) is 24.4 Å². The fourth-order valence-corrected chi connectivity index (χ4v) is 7.38. The predicted molar refractivity (Wildman–Crippen MR) is 152 cm³/mol. The van der Waals surface area contributed by atoms with Gasteiger partial charge in [-0.2, -0.15) is 0 Å². The van der Waals surface area contributed by atoms with Crippen LogP contribution in [0.25, 0.3) is 0 Å². The topological polar surface area (TPSA) is 156 Å². The van der Waals surface area contributed by atoms with Crippen LogP contribution in [0.5, 0.6) is 0 Å². The zero-order chi connectivity index (χ0) is 29.5. The van der Waals surface area contributed by atoms with Gasteiger partial charge in [0.05, 0.1) is 21.7 Å². The van der Waals surface area contributed by atoms with Gasteiger partial charge in [0, 0.05) is 37.7 Å². The number of carbonyl (C=O) groups is 3. The number of rotatable bonds is 11. The molecule has 0 spiro atoms. The van der Waals surface area contributed by atoms with Crippen molar-refractivity contribution in [3.05, 3.63) is 52.6 Å². The molecular formula is C27H37ClN6O5S. The van der Waals surface area contributed by atoms with Crippen molar-refractivity contribution >= 4 is 39.2 Å². The summed E-state index contributed by atoms with van der Waals surface area (Å²) < 4.78 is 26.8. The maximum absolute atomic E-state index is 13.8. The highest BCUT2D eigenvalue weighted by molar-refractivity contribution is 7.94. The number of nitrogens with zero attached hydrogens (tertiary/aromatic N) is 3. The van der Waals surface area contributed by atoms with E-state index >= 15 is 0 Å². The average molecular weight is 593 g/mol. The van der Waals surface area contributed by atoms with Gasteiger partial charge in [0.1, 0.15) is 5.69 Å². The molecule has 1 aliphatic carbocycles. The van der Waals surface area contributed by atoms with Crippen LogP contribution in [-0.4, -0.2) is 75.8 Å². The molecule has 0 bridgehead atoms. The quantitative estimate of drug-likeness (QED) is 0.359. The summed E-state index contributed by atoms with van der Waals surface area (Å²) in [5, 5.41) is 6.10. The summed E-state index contributed by atoms with van der Waals surface area (Å²) in [6, 6.07) is 6.36. The Morgan fingerprint density at radius 3 is 2.40 bits per heavy atom. The number of benzene rings is 1.